The molecule has 0 radical (unpaired) electrons. The van der Waals surface area contributed by atoms with E-state index >= 15 is 0 Å². The Kier molecular flexibility index (Phi) is 6.53. The topological polar surface area (TPSA) is 15.3 Å². The minimum atomic E-state index is 0.384. The lowest BCUT2D eigenvalue weighted by molar-refractivity contribution is 0.0131. The summed E-state index contributed by atoms with van der Waals surface area (Å²) in [5.41, 5.74) is 0.819. The Morgan fingerprint density at radius 1 is 1.20 bits per heavy atom. The van der Waals surface area contributed by atoms with Gasteiger partial charge in [-0.05, 0) is 37.1 Å². The molecule has 0 saturated carbocycles. The molecule has 0 bridgehead atoms. The van der Waals surface area contributed by atoms with Crippen molar-refractivity contribution >= 4 is 0 Å². The quantitative estimate of drug-likeness (QED) is 0.781. The van der Waals surface area contributed by atoms with Crippen LogP contribution in [0.5, 0.6) is 0 Å². The van der Waals surface area contributed by atoms with Crippen LogP contribution in [0, 0.1) is 11.3 Å². The highest BCUT2D eigenvalue weighted by Crippen LogP contribution is 2.31. The van der Waals surface area contributed by atoms with Crippen LogP contribution in [-0.4, -0.2) is 36.1 Å². The molecular weight excluding hydrogens is 244 g/mol. The van der Waals surface area contributed by atoms with E-state index in [2.05, 4.69) is 58.7 Å². The van der Waals surface area contributed by atoms with E-state index in [9.17, 15) is 0 Å². The van der Waals surface area contributed by atoms with Gasteiger partial charge in [0.25, 0.3) is 0 Å². The van der Waals surface area contributed by atoms with Crippen LogP contribution in [0.25, 0.3) is 0 Å². The number of piperazine rings is 1. The van der Waals surface area contributed by atoms with Crippen molar-refractivity contribution in [2.75, 3.05) is 19.6 Å². The van der Waals surface area contributed by atoms with Crippen LogP contribution in [-0.2, 0) is 0 Å². The second-order valence-electron chi connectivity index (χ2n) is 8.06. The molecule has 0 aromatic carbocycles. The molecule has 2 nitrogen and oxygen atoms in total. The van der Waals surface area contributed by atoms with E-state index < -0.39 is 0 Å². The van der Waals surface area contributed by atoms with Gasteiger partial charge in [0.1, 0.15) is 0 Å². The minimum absolute atomic E-state index is 0.384. The van der Waals surface area contributed by atoms with Crippen LogP contribution in [0.1, 0.15) is 74.1 Å². The van der Waals surface area contributed by atoms with Crippen molar-refractivity contribution in [3.63, 3.8) is 0 Å². The summed E-state index contributed by atoms with van der Waals surface area (Å²) in [6.07, 6.45) is 5.08. The van der Waals surface area contributed by atoms with Gasteiger partial charge < -0.3 is 5.32 Å². The van der Waals surface area contributed by atoms with Crippen LogP contribution in [0.15, 0.2) is 0 Å². The van der Waals surface area contributed by atoms with Crippen LogP contribution < -0.4 is 5.32 Å². The van der Waals surface area contributed by atoms with Gasteiger partial charge in [0.15, 0.2) is 0 Å². The fraction of sp³-hybridized carbons (Fsp3) is 1.00. The fourth-order valence-electron chi connectivity index (χ4n) is 3.34. The lowest BCUT2D eigenvalue weighted by atomic mass is 9.83. The Morgan fingerprint density at radius 3 is 2.25 bits per heavy atom. The standard InChI is InChI=1S/C18H38N2/c1-8-15(4)16-13-20(12-11-17(5,6)7)18(9-2,10-3)14-19-16/h15-16,19H,8-14H2,1-7H3. The summed E-state index contributed by atoms with van der Waals surface area (Å²) in [6, 6.07) is 0.672. The highest BCUT2D eigenvalue weighted by atomic mass is 15.3. The molecule has 1 saturated heterocycles. The van der Waals surface area contributed by atoms with Gasteiger partial charge in [-0.3, -0.25) is 4.90 Å². The third-order valence-electron chi connectivity index (χ3n) is 5.56. The Balaban J connectivity index is 2.78. The van der Waals surface area contributed by atoms with E-state index in [1.165, 1.54) is 45.3 Å². The van der Waals surface area contributed by atoms with Gasteiger partial charge in [-0.1, -0.05) is 54.9 Å². The van der Waals surface area contributed by atoms with Gasteiger partial charge >= 0.3 is 0 Å². The second-order valence-corrected chi connectivity index (χ2v) is 8.06. The number of nitrogens with one attached hydrogen (secondary N) is 1. The van der Waals surface area contributed by atoms with Crippen LogP contribution in [0.2, 0.25) is 0 Å². The van der Waals surface area contributed by atoms with Crippen LogP contribution >= 0.6 is 0 Å². The molecule has 1 N–H and O–H groups in total. The van der Waals surface area contributed by atoms with Crippen molar-refractivity contribution < 1.29 is 0 Å². The van der Waals surface area contributed by atoms with Gasteiger partial charge in [-0.15, -0.1) is 0 Å². The SMILES string of the molecule is CCC(C)C1CN(CCC(C)(C)C)C(CC)(CC)CN1. The molecule has 1 aliphatic rings. The average Bonchev–Trinajstić information content (AvgIpc) is 2.43. The van der Waals surface area contributed by atoms with Gasteiger partial charge in [-0.25, -0.2) is 0 Å². The molecule has 1 heterocycles. The van der Waals surface area contributed by atoms with Gasteiger partial charge in [0.05, 0.1) is 0 Å². The molecule has 1 aliphatic heterocycles. The summed E-state index contributed by atoms with van der Waals surface area (Å²) in [6.45, 7) is 20.2. The maximum Gasteiger partial charge on any atom is 0.0329 e. The normalized spacial score (nSPS) is 25.6. The van der Waals surface area contributed by atoms with Crippen molar-refractivity contribution in [1.29, 1.82) is 0 Å². The Hall–Kier alpha value is -0.0800. The highest BCUT2D eigenvalue weighted by molar-refractivity contribution is 4.98. The zero-order valence-electron chi connectivity index (χ0n) is 15.1. The van der Waals surface area contributed by atoms with Crippen molar-refractivity contribution in [3.05, 3.63) is 0 Å². The van der Waals surface area contributed by atoms with Gasteiger partial charge in [-0.2, -0.15) is 0 Å². The summed E-state index contributed by atoms with van der Waals surface area (Å²) in [7, 11) is 0. The average molecular weight is 283 g/mol. The molecule has 1 fully saturated rings. The Morgan fingerprint density at radius 2 is 1.80 bits per heavy atom. The molecule has 2 unspecified atom stereocenters. The zero-order valence-corrected chi connectivity index (χ0v) is 15.1. The van der Waals surface area contributed by atoms with Crippen LogP contribution in [0.4, 0.5) is 0 Å². The van der Waals surface area contributed by atoms with Crippen molar-refractivity contribution in [1.82, 2.24) is 10.2 Å². The largest absolute Gasteiger partial charge is 0.311 e. The molecule has 2 heteroatoms. The molecule has 120 valence electrons. The zero-order chi connectivity index (χ0) is 15.4. The van der Waals surface area contributed by atoms with Gasteiger partial charge in [0.2, 0.25) is 0 Å². The lowest BCUT2D eigenvalue weighted by Crippen LogP contribution is -2.65. The Bertz CT molecular complexity index is 276. The summed E-state index contributed by atoms with van der Waals surface area (Å²) < 4.78 is 0. The third-order valence-corrected chi connectivity index (χ3v) is 5.56. The predicted molar refractivity (Wildman–Crippen MR) is 90.2 cm³/mol. The van der Waals surface area contributed by atoms with E-state index in [0.717, 1.165) is 5.92 Å². The maximum atomic E-state index is 3.85. The molecule has 20 heavy (non-hydrogen) atoms. The molecular formula is C18H38N2. The first kappa shape index (κ1) is 18.0. The van der Waals surface area contributed by atoms with E-state index in [4.69, 9.17) is 0 Å². The molecule has 1 rings (SSSR count). The monoisotopic (exact) mass is 282 g/mol. The lowest BCUT2D eigenvalue weighted by Gasteiger charge is -2.51. The molecule has 0 aromatic rings. The smallest absolute Gasteiger partial charge is 0.0329 e. The first-order chi connectivity index (χ1) is 9.28. The van der Waals surface area contributed by atoms with Crippen LogP contribution in [0.3, 0.4) is 0 Å². The minimum Gasteiger partial charge on any atom is -0.311 e. The molecule has 0 aliphatic carbocycles. The number of nitrogens with zero attached hydrogens (tertiary/aromatic N) is 1. The predicted octanol–water partition coefficient (Wildman–Crippen LogP) is 4.30. The second kappa shape index (κ2) is 7.26. The van der Waals surface area contributed by atoms with E-state index in [1.807, 2.05) is 0 Å². The number of hydrogen-bond acceptors (Lipinski definition) is 2. The van der Waals surface area contributed by atoms with Crippen molar-refractivity contribution in [2.24, 2.45) is 11.3 Å². The van der Waals surface area contributed by atoms with Gasteiger partial charge in [0, 0.05) is 24.7 Å². The van der Waals surface area contributed by atoms with E-state index in [-0.39, 0.29) is 0 Å². The van der Waals surface area contributed by atoms with E-state index in [0.29, 0.717) is 17.0 Å². The fourth-order valence-corrected chi connectivity index (χ4v) is 3.34. The summed E-state index contributed by atoms with van der Waals surface area (Å²) >= 11 is 0. The maximum absolute atomic E-state index is 3.85. The third kappa shape index (κ3) is 4.46. The first-order valence-electron chi connectivity index (χ1n) is 8.76. The summed E-state index contributed by atoms with van der Waals surface area (Å²) in [5, 5.41) is 3.85. The summed E-state index contributed by atoms with van der Waals surface area (Å²) in [5.74, 6) is 0.777. The molecule has 0 amide bonds. The van der Waals surface area contributed by atoms with Crippen molar-refractivity contribution in [3.8, 4) is 0 Å². The Labute approximate surface area is 127 Å². The summed E-state index contributed by atoms with van der Waals surface area (Å²) in [4.78, 5) is 2.81. The van der Waals surface area contributed by atoms with Crippen molar-refractivity contribution in [2.45, 2.75) is 85.7 Å². The molecule has 0 spiro atoms. The number of hydrogen-bond donors (Lipinski definition) is 1. The number of rotatable bonds is 6. The molecule has 2 atom stereocenters. The van der Waals surface area contributed by atoms with E-state index in [1.54, 1.807) is 0 Å². The molecule has 0 aromatic heterocycles. The first-order valence-corrected chi connectivity index (χ1v) is 8.76. The highest BCUT2D eigenvalue weighted by Gasteiger charge is 2.39.